The quantitative estimate of drug-likeness (QED) is 0.388. The fourth-order valence-corrected chi connectivity index (χ4v) is 4.01. The van der Waals surface area contributed by atoms with Gasteiger partial charge in [0.2, 0.25) is 11.9 Å². The van der Waals surface area contributed by atoms with Crippen molar-refractivity contribution in [2.45, 2.75) is 0 Å². The van der Waals surface area contributed by atoms with Crippen LogP contribution in [-0.2, 0) is 4.79 Å². The molecule has 36 heavy (non-hydrogen) atoms. The van der Waals surface area contributed by atoms with Gasteiger partial charge in [0.05, 0.1) is 16.8 Å². The number of likely N-dealkylation sites (N-methyl/N-ethyl adjacent to an activating group) is 1. The number of rotatable bonds is 7. The molecule has 0 bridgehead atoms. The number of halogens is 2. The highest BCUT2D eigenvalue weighted by atomic mass is 35.5. The van der Waals surface area contributed by atoms with Gasteiger partial charge in [-0.2, -0.15) is 4.98 Å². The number of anilines is 5. The summed E-state index contributed by atoms with van der Waals surface area (Å²) in [5, 5.41) is 8.89. The van der Waals surface area contributed by atoms with E-state index in [0.29, 0.717) is 22.5 Å². The molecule has 0 atom stereocenters. The van der Waals surface area contributed by atoms with Crippen LogP contribution in [-0.4, -0.2) is 59.9 Å². The van der Waals surface area contributed by atoms with Gasteiger partial charge in [-0.05, 0) is 55.6 Å². The molecule has 3 aromatic rings. The van der Waals surface area contributed by atoms with Gasteiger partial charge in [-0.3, -0.25) is 14.9 Å². The number of hydrogen-bond donors (Lipinski definition) is 3. The van der Waals surface area contributed by atoms with E-state index in [9.17, 15) is 9.59 Å². The smallest absolute Gasteiger partial charge is 0.259 e. The van der Waals surface area contributed by atoms with Crippen molar-refractivity contribution in [1.82, 2.24) is 20.2 Å². The Morgan fingerprint density at radius 2 is 1.67 bits per heavy atom. The van der Waals surface area contributed by atoms with Crippen LogP contribution in [0.2, 0.25) is 10.0 Å². The van der Waals surface area contributed by atoms with Crippen LogP contribution in [0.4, 0.5) is 28.8 Å². The fraction of sp³-hybridized carbons (Fsp3) is 0.200. The van der Waals surface area contributed by atoms with Gasteiger partial charge >= 0.3 is 0 Å². The highest BCUT2D eigenvalue weighted by molar-refractivity contribution is 6.35. The largest absolute Gasteiger partial charge is 0.369 e. The molecule has 1 aromatic heterocycles. The Kier molecular flexibility index (Phi) is 8.04. The molecule has 1 saturated heterocycles. The van der Waals surface area contributed by atoms with Gasteiger partial charge in [0.25, 0.3) is 5.91 Å². The van der Waals surface area contributed by atoms with Crippen LogP contribution in [0.5, 0.6) is 0 Å². The predicted octanol–water partition coefficient (Wildman–Crippen LogP) is 4.46. The van der Waals surface area contributed by atoms with Crippen LogP contribution in [0.15, 0.2) is 61.3 Å². The predicted molar refractivity (Wildman–Crippen MR) is 144 cm³/mol. The van der Waals surface area contributed by atoms with E-state index in [4.69, 9.17) is 23.2 Å². The van der Waals surface area contributed by atoms with E-state index >= 15 is 0 Å². The molecule has 0 radical (unpaired) electrons. The van der Waals surface area contributed by atoms with E-state index in [2.05, 4.69) is 61.5 Å². The number of hydrogen-bond acceptors (Lipinski definition) is 8. The lowest BCUT2D eigenvalue weighted by Crippen LogP contribution is -2.44. The number of amides is 2. The van der Waals surface area contributed by atoms with E-state index < -0.39 is 11.8 Å². The van der Waals surface area contributed by atoms with Crippen molar-refractivity contribution in [2.24, 2.45) is 0 Å². The van der Waals surface area contributed by atoms with Crippen LogP contribution in [0, 0.1) is 0 Å². The Morgan fingerprint density at radius 1 is 0.972 bits per heavy atom. The van der Waals surface area contributed by atoms with Gasteiger partial charge in [0, 0.05) is 43.2 Å². The zero-order valence-corrected chi connectivity index (χ0v) is 21.1. The van der Waals surface area contributed by atoms with Crippen LogP contribution in [0.25, 0.3) is 0 Å². The highest BCUT2D eigenvalue weighted by Gasteiger charge is 2.15. The number of nitrogens with one attached hydrogen (secondary N) is 3. The van der Waals surface area contributed by atoms with Crippen molar-refractivity contribution in [3.63, 3.8) is 0 Å². The Bertz CT molecular complexity index is 1280. The monoisotopic (exact) mass is 525 g/mol. The Balaban J connectivity index is 1.43. The van der Waals surface area contributed by atoms with Crippen molar-refractivity contribution >= 4 is 63.8 Å². The maximum Gasteiger partial charge on any atom is 0.259 e. The van der Waals surface area contributed by atoms with Crippen molar-refractivity contribution in [1.29, 1.82) is 0 Å². The van der Waals surface area contributed by atoms with Crippen molar-refractivity contribution < 1.29 is 9.59 Å². The summed E-state index contributed by atoms with van der Waals surface area (Å²) in [5.74, 6) is -0.515. The average Bonchev–Trinajstić information content (AvgIpc) is 2.87. The summed E-state index contributed by atoms with van der Waals surface area (Å²) in [7, 11) is 2.14. The standard InChI is InChI=1S/C25H25Cl2N7O2/c1-3-22(35)31-24(36)19-9-6-17(14-20(19)26)29-23-21(27)15-28-25(32-23)30-16-4-7-18(8-5-16)34-12-10-33(2)11-13-34/h3-9,14-15H,1,10-13H2,2H3,(H,31,35,36)(H2,28,29,30,32). The fourth-order valence-electron chi connectivity index (χ4n) is 3.61. The maximum atomic E-state index is 12.2. The first-order chi connectivity index (χ1) is 17.3. The van der Waals surface area contributed by atoms with E-state index in [-0.39, 0.29) is 10.6 Å². The molecule has 11 heteroatoms. The second kappa shape index (κ2) is 11.4. The number of carbonyl (C=O) groups excluding carboxylic acids is 2. The Morgan fingerprint density at radius 3 is 2.33 bits per heavy atom. The van der Waals surface area contributed by atoms with E-state index in [1.165, 1.54) is 24.0 Å². The summed E-state index contributed by atoms with van der Waals surface area (Å²) >= 11 is 12.5. The number of piperazine rings is 1. The second-order valence-electron chi connectivity index (χ2n) is 8.19. The van der Waals surface area contributed by atoms with Gasteiger partial charge < -0.3 is 20.4 Å². The Labute approximate surface area is 219 Å². The van der Waals surface area contributed by atoms with Crippen LogP contribution in [0.1, 0.15) is 10.4 Å². The molecule has 0 unspecified atom stereocenters. The molecule has 1 fully saturated rings. The molecule has 9 nitrogen and oxygen atoms in total. The first kappa shape index (κ1) is 25.4. The van der Waals surface area contributed by atoms with Gasteiger partial charge in [0.15, 0.2) is 5.82 Å². The van der Waals surface area contributed by atoms with Gasteiger partial charge in [-0.15, -0.1) is 0 Å². The molecule has 0 aliphatic carbocycles. The first-order valence-electron chi connectivity index (χ1n) is 11.2. The molecule has 2 heterocycles. The molecular weight excluding hydrogens is 501 g/mol. The Hall–Kier alpha value is -3.66. The molecule has 4 rings (SSSR count). The molecule has 3 N–H and O–H groups in total. The third-order valence-corrected chi connectivity index (χ3v) is 6.22. The first-order valence-corrected chi connectivity index (χ1v) is 12.0. The molecule has 2 amide bonds. The number of aromatic nitrogens is 2. The zero-order valence-electron chi connectivity index (χ0n) is 19.6. The zero-order chi connectivity index (χ0) is 25.7. The third-order valence-electron chi connectivity index (χ3n) is 5.63. The molecule has 186 valence electrons. The summed E-state index contributed by atoms with van der Waals surface area (Å²) in [5.41, 5.74) is 2.72. The van der Waals surface area contributed by atoms with Gasteiger partial charge in [-0.1, -0.05) is 29.8 Å². The summed E-state index contributed by atoms with van der Waals surface area (Å²) in [4.78, 5) is 36.9. The van der Waals surface area contributed by atoms with Crippen LogP contribution >= 0.6 is 23.2 Å². The molecule has 1 aliphatic rings. The maximum absolute atomic E-state index is 12.2. The third kappa shape index (κ3) is 6.31. The molecule has 0 saturated carbocycles. The number of imide groups is 1. The lowest BCUT2D eigenvalue weighted by atomic mass is 10.2. The minimum absolute atomic E-state index is 0.147. The number of benzene rings is 2. The van der Waals surface area contributed by atoms with Gasteiger partial charge in [0.1, 0.15) is 5.02 Å². The SMILES string of the molecule is C=CC(=O)NC(=O)c1ccc(Nc2nc(Nc3ccc(N4CCN(C)CC4)cc3)ncc2Cl)cc1Cl. The van der Waals surface area contributed by atoms with Crippen LogP contribution in [0.3, 0.4) is 0 Å². The minimum Gasteiger partial charge on any atom is -0.369 e. The number of carbonyl (C=O) groups is 2. The molecular formula is C25H25Cl2N7O2. The van der Waals surface area contributed by atoms with Crippen LogP contribution < -0.4 is 20.9 Å². The summed E-state index contributed by atoms with van der Waals surface area (Å²) in [6.45, 7) is 7.41. The second-order valence-corrected chi connectivity index (χ2v) is 9.01. The lowest BCUT2D eigenvalue weighted by molar-refractivity contribution is -0.115. The topological polar surface area (TPSA) is 102 Å². The lowest BCUT2D eigenvalue weighted by Gasteiger charge is -2.34. The van der Waals surface area contributed by atoms with Gasteiger partial charge in [-0.25, -0.2) is 4.98 Å². The number of nitrogens with zero attached hydrogens (tertiary/aromatic N) is 4. The van der Waals surface area contributed by atoms with Crippen molar-refractivity contribution in [3.8, 4) is 0 Å². The molecule has 1 aliphatic heterocycles. The summed E-state index contributed by atoms with van der Waals surface area (Å²) in [6.07, 6.45) is 2.49. The minimum atomic E-state index is -0.623. The van der Waals surface area contributed by atoms with Crippen molar-refractivity contribution in [3.05, 3.63) is 76.9 Å². The van der Waals surface area contributed by atoms with E-state index in [1.54, 1.807) is 6.07 Å². The summed E-state index contributed by atoms with van der Waals surface area (Å²) in [6, 6.07) is 12.8. The molecule has 2 aromatic carbocycles. The average molecular weight is 526 g/mol. The van der Waals surface area contributed by atoms with E-state index in [1.807, 2.05) is 12.1 Å². The van der Waals surface area contributed by atoms with Crippen molar-refractivity contribution in [2.75, 3.05) is 48.8 Å². The highest BCUT2D eigenvalue weighted by Crippen LogP contribution is 2.28. The molecule has 0 spiro atoms. The summed E-state index contributed by atoms with van der Waals surface area (Å²) < 4.78 is 0. The normalized spacial score (nSPS) is 13.7. The van der Waals surface area contributed by atoms with E-state index in [0.717, 1.165) is 37.9 Å².